The fraction of sp³-hybridized carbons (Fsp3) is 0.923. The summed E-state index contributed by atoms with van der Waals surface area (Å²) in [6, 6.07) is 0.189. The number of urea groups is 1. The van der Waals surface area contributed by atoms with Gasteiger partial charge in [0.05, 0.1) is 12.1 Å². The molecule has 1 rings (SSSR count). The minimum atomic E-state index is -0.850. The third-order valence-electron chi connectivity index (χ3n) is 3.28. The van der Waals surface area contributed by atoms with Gasteiger partial charge in [0.2, 0.25) is 0 Å². The van der Waals surface area contributed by atoms with E-state index in [-0.39, 0.29) is 12.1 Å². The Balaban J connectivity index is 2.47. The fourth-order valence-corrected chi connectivity index (χ4v) is 3.40. The average Bonchev–Trinajstić information content (AvgIpc) is 2.27. The van der Waals surface area contributed by atoms with Crippen molar-refractivity contribution in [2.24, 2.45) is 0 Å². The van der Waals surface area contributed by atoms with Crippen LogP contribution in [0.1, 0.15) is 39.5 Å². The Hall–Kier alpha value is -0.420. The van der Waals surface area contributed by atoms with Gasteiger partial charge >= 0.3 is 6.03 Å². The zero-order valence-electron chi connectivity index (χ0n) is 11.9. The Bertz CT molecular complexity index is 279. The molecule has 0 aromatic carbocycles. The molecule has 0 aromatic rings. The summed E-state index contributed by atoms with van der Waals surface area (Å²) < 4.78 is 0. The summed E-state index contributed by atoms with van der Waals surface area (Å²) in [6.07, 6.45) is 6.80. The third kappa shape index (κ3) is 5.06. The number of rotatable bonds is 4. The maximum absolute atomic E-state index is 12.0. The monoisotopic (exact) mass is 274 g/mol. The van der Waals surface area contributed by atoms with E-state index in [4.69, 9.17) is 0 Å². The van der Waals surface area contributed by atoms with Crippen LogP contribution >= 0.6 is 11.8 Å². The van der Waals surface area contributed by atoms with Crippen molar-refractivity contribution >= 4 is 17.8 Å². The summed E-state index contributed by atoms with van der Waals surface area (Å²) in [5, 5.41) is 13.3. The molecule has 0 radical (unpaired) electrons. The largest absolute Gasteiger partial charge is 0.389 e. The average molecular weight is 274 g/mol. The first-order valence-corrected chi connectivity index (χ1v) is 7.89. The van der Waals surface area contributed by atoms with Gasteiger partial charge in [-0.25, -0.2) is 4.79 Å². The number of nitrogens with zero attached hydrogens (tertiary/aromatic N) is 1. The number of aliphatic hydroxyl groups is 1. The molecule has 5 heteroatoms. The molecule has 0 aromatic heterocycles. The van der Waals surface area contributed by atoms with E-state index in [9.17, 15) is 9.90 Å². The predicted molar refractivity (Wildman–Crippen MR) is 77.0 cm³/mol. The second-order valence-electron chi connectivity index (χ2n) is 5.78. The molecule has 2 atom stereocenters. The third-order valence-corrected chi connectivity index (χ3v) is 4.45. The molecule has 1 aliphatic carbocycles. The summed E-state index contributed by atoms with van der Waals surface area (Å²) in [5.74, 6) is 0. The Morgan fingerprint density at radius 2 is 2.06 bits per heavy atom. The van der Waals surface area contributed by atoms with Crippen molar-refractivity contribution in [2.75, 3.05) is 19.8 Å². The van der Waals surface area contributed by atoms with Crippen LogP contribution in [0.4, 0.5) is 4.79 Å². The lowest BCUT2D eigenvalue weighted by Gasteiger charge is -2.33. The highest BCUT2D eigenvalue weighted by molar-refractivity contribution is 7.99. The number of hydrogen-bond donors (Lipinski definition) is 2. The molecule has 106 valence electrons. The van der Waals surface area contributed by atoms with E-state index in [2.05, 4.69) is 11.6 Å². The summed E-state index contributed by atoms with van der Waals surface area (Å²) in [5.41, 5.74) is -0.850. The molecule has 1 aliphatic rings. The second-order valence-corrected chi connectivity index (χ2v) is 6.86. The van der Waals surface area contributed by atoms with Crippen molar-refractivity contribution in [1.29, 1.82) is 0 Å². The number of carbonyl (C=O) groups excluding carboxylic acids is 1. The molecular weight excluding hydrogens is 248 g/mol. The van der Waals surface area contributed by atoms with Gasteiger partial charge in [-0.15, -0.1) is 0 Å². The first-order chi connectivity index (χ1) is 8.33. The van der Waals surface area contributed by atoms with Crippen LogP contribution in [-0.4, -0.2) is 52.8 Å². The Morgan fingerprint density at radius 3 is 2.61 bits per heavy atom. The molecule has 1 fully saturated rings. The molecule has 0 spiro atoms. The maximum atomic E-state index is 12.0. The van der Waals surface area contributed by atoms with Gasteiger partial charge in [0, 0.05) is 18.3 Å². The summed E-state index contributed by atoms with van der Waals surface area (Å²) in [6.45, 7) is 3.76. The quantitative estimate of drug-likeness (QED) is 0.825. The highest BCUT2D eigenvalue weighted by atomic mass is 32.2. The van der Waals surface area contributed by atoms with Gasteiger partial charge in [-0.1, -0.05) is 12.8 Å². The van der Waals surface area contributed by atoms with Crippen molar-refractivity contribution in [3.63, 3.8) is 0 Å². The van der Waals surface area contributed by atoms with Crippen LogP contribution < -0.4 is 5.32 Å². The summed E-state index contributed by atoms with van der Waals surface area (Å²) in [7, 11) is 1.73. The van der Waals surface area contributed by atoms with Crippen LogP contribution in [0.3, 0.4) is 0 Å². The van der Waals surface area contributed by atoms with Crippen LogP contribution in [0.15, 0.2) is 0 Å². The van der Waals surface area contributed by atoms with Gasteiger partial charge in [-0.05, 0) is 32.9 Å². The van der Waals surface area contributed by atoms with Crippen LogP contribution in [0.5, 0.6) is 0 Å². The standard InChI is InChI=1S/C13H26N2O2S/c1-13(2,17)9-15(3)12(16)14-10-7-5-6-8-11(10)18-4/h10-11,17H,5-9H2,1-4H3,(H,14,16). The molecule has 0 saturated heterocycles. The molecule has 0 aliphatic heterocycles. The van der Waals surface area contributed by atoms with Crippen molar-refractivity contribution < 1.29 is 9.90 Å². The van der Waals surface area contributed by atoms with Gasteiger partial charge in [-0.2, -0.15) is 11.8 Å². The second kappa shape index (κ2) is 6.66. The molecule has 2 amide bonds. The molecule has 2 unspecified atom stereocenters. The number of thioether (sulfide) groups is 1. The fourth-order valence-electron chi connectivity index (χ4n) is 2.47. The molecule has 1 saturated carbocycles. The van der Waals surface area contributed by atoms with Crippen molar-refractivity contribution in [1.82, 2.24) is 10.2 Å². The summed E-state index contributed by atoms with van der Waals surface area (Å²) >= 11 is 1.84. The van der Waals surface area contributed by atoms with E-state index in [1.807, 2.05) is 11.8 Å². The topological polar surface area (TPSA) is 52.6 Å². The SMILES string of the molecule is CSC1CCCCC1NC(=O)N(C)CC(C)(C)O. The Labute approximate surface area is 115 Å². The number of likely N-dealkylation sites (N-methyl/N-ethyl adjacent to an activating group) is 1. The lowest BCUT2D eigenvalue weighted by atomic mass is 9.95. The van der Waals surface area contributed by atoms with Crippen molar-refractivity contribution in [3.05, 3.63) is 0 Å². The van der Waals surface area contributed by atoms with Crippen LogP contribution in [0, 0.1) is 0 Å². The summed E-state index contributed by atoms with van der Waals surface area (Å²) in [4.78, 5) is 13.6. The number of hydrogen-bond acceptors (Lipinski definition) is 3. The lowest BCUT2D eigenvalue weighted by Crippen LogP contribution is -2.51. The van der Waals surface area contributed by atoms with Crippen LogP contribution in [-0.2, 0) is 0 Å². The predicted octanol–water partition coefficient (Wildman–Crippen LogP) is 2.07. The van der Waals surface area contributed by atoms with Gasteiger partial charge in [0.25, 0.3) is 0 Å². The molecule has 4 nitrogen and oxygen atoms in total. The van der Waals surface area contributed by atoms with Crippen molar-refractivity contribution in [2.45, 2.75) is 56.4 Å². The Morgan fingerprint density at radius 1 is 1.44 bits per heavy atom. The minimum absolute atomic E-state index is 0.0805. The van der Waals surface area contributed by atoms with E-state index in [0.29, 0.717) is 11.8 Å². The van der Waals surface area contributed by atoms with Gasteiger partial charge < -0.3 is 15.3 Å². The Kier molecular flexibility index (Phi) is 5.79. The smallest absolute Gasteiger partial charge is 0.317 e. The number of carbonyl (C=O) groups is 1. The van der Waals surface area contributed by atoms with Gasteiger partial charge in [0.15, 0.2) is 0 Å². The minimum Gasteiger partial charge on any atom is -0.389 e. The normalized spacial score (nSPS) is 24.7. The first-order valence-electron chi connectivity index (χ1n) is 6.60. The zero-order chi connectivity index (χ0) is 13.8. The van der Waals surface area contributed by atoms with E-state index in [1.165, 1.54) is 19.3 Å². The van der Waals surface area contributed by atoms with Gasteiger partial charge in [0.1, 0.15) is 0 Å². The lowest BCUT2D eigenvalue weighted by molar-refractivity contribution is 0.0526. The van der Waals surface area contributed by atoms with Crippen LogP contribution in [0.25, 0.3) is 0 Å². The highest BCUT2D eigenvalue weighted by Crippen LogP contribution is 2.27. The molecule has 0 heterocycles. The van der Waals surface area contributed by atoms with E-state index >= 15 is 0 Å². The molecule has 18 heavy (non-hydrogen) atoms. The zero-order valence-corrected chi connectivity index (χ0v) is 12.7. The first kappa shape index (κ1) is 15.6. The van der Waals surface area contributed by atoms with Crippen molar-refractivity contribution in [3.8, 4) is 0 Å². The maximum Gasteiger partial charge on any atom is 0.317 e. The van der Waals surface area contributed by atoms with E-state index in [1.54, 1.807) is 25.8 Å². The number of amides is 2. The van der Waals surface area contributed by atoms with Crippen LogP contribution in [0.2, 0.25) is 0 Å². The number of nitrogens with one attached hydrogen (secondary N) is 1. The molecule has 0 bridgehead atoms. The highest BCUT2D eigenvalue weighted by Gasteiger charge is 2.27. The van der Waals surface area contributed by atoms with E-state index in [0.717, 1.165) is 6.42 Å². The molecular formula is C13H26N2O2S. The van der Waals surface area contributed by atoms with Gasteiger partial charge in [-0.3, -0.25) is 0 Å². The molecule has 2 N–H and O–H groups in total. The van der Waals surface area contributed by atoms with E-state index < -0.39 is 5.60 Å².